The number of hydrogen-bond acceptors (Lipinski definition) is 3. The molecule has 21 heavy (non-hydrogen) atoms. The Balaban J connectivity index is 2.00. The van der Waals surface area contributed by atoms with Gasteiger partial charge in [-0.15, -0.1) is 0 Å². The van der Waals surface area contributed by atoms with E-state index in [1.807, 2.05) is 30.3 Å². The molecule has 5 heteroatoms. The molecule has 0 spiro atoms. The molecule has 0 unspecified atom stereocenters. The fraction of sp³-hybridized carbons (Fsp3) is 0.250. The lowest BCUT2D eigenvalue weighted by Gasteiger charge is -2.15. The highest BCUT2D eigenvalue weighted by Gasteiger charge is 2.15. The van der Waals surface area contributed by atoms with E-state index in [1.165, 1.54) is 19.2 Å². The summed E-state index contributed by atoms with van der Waals surface area (Å²) >= 11 is 0. The van der Waals surface area contributed by atoms with Gasteiger partial charge in [-0.3, -0.25) is 9.59 Å². The fourth-order valence-electron chi connectivity index (χ4n) is 2.05. The number of aliphatic hydroxyl groups is 1. The Labute approximate surface area is 123 Å². The molecular weight excluding hydrogens is 268 g/mol. The molecule has 1 aromatic carbocycles. The van der Waals surface area contributed by atoms with E-state index >= 15 is 0 Å². The zero-order valence-electron chi connectivity index (χ0n) is 11.8. The molecule has 5 nitrogen and oxygen atoms in total. The van der Waals surface area contributed by atoms with Crippen LogP contribution in [0.5, 0.6) is 0 Å². The minimum atomic E-state index is -0.371. The lowest BCUT2D eigenvalue weighted by Crippen LogP contribution is -2.39. The van der Waals surface area contributed by atoms with Crippen molar-refractivity contribution >= 4 is 11.7 Å². The lowest BCUT2D eigenvalue weighted by molar-refractivity contribution is 0.0912. The van der Waals surface area contributed by atoms with E-state index in [2.05, 4.69) is 10.3 Å². The molecule has 0 saturated carbocycles. The first-order valence-corrected chi connectivity index (χ1v) is 6.75. The third-order valence-electron chi connectivity index (χ3n) is 3.21. The molecule has 1 aromatic heterocycles. The molecule has 1 amide bonds. The highest BCUT2D eigenvalue weighted by Crippen LogP contribution is 2.07. The van der Waals surface area contributed by atoms with Gasteiger partial charge in [0, 0.05) is 11.8 Å². The summed E-state index contributed by atoms with van der Waals surface area (Å²) < 4.78 is 0. The Morgan fingerprint density at radius 2 is 2.00 bits per heavy atom. The maximum Gasteiger partial charge on any atom is 0.268 e. The zero-order chi connectivity index (χ0) is 15.2. The van der Waals surface area contributed by atoms with Crippen LogP contribution < -0.4 is 5.32 Å². The molecule has 0 aliphatic rings. The summed E-state index contributed by atoms with van der Waals surface area (Å²) in [4.78, 5) is 26.1. The normalized spacial score (nSPS) is 11.9. The quantitative estimate of drug-likeness (QED) is 0.705. The number of aromatic nitrogens is 1. The van der Waals surface area contributed by atoms with Crippen molar-refractivity contribution in [2.75, 3.05) is 6.61 Å². The second kappa shape index (κ2) is 6.85. The second-order valence-electron chi connectivity index (χ2n) is 4.90. The lowest BCUT2D eigenvalue weighted by atomic mass is 10.1. The second-order valence-corrected chi connectivity index (χ2v) is 4.90. The van der Waals surface area contributed by atoms with Gasteiger partial charge in [-0.1, -0.05) is 30.3 Å². The number of benzene rings is 1. The predicted octanol–water partition coefficient (Wildman–Crippen LogP) is 1.55. The number of aromatic amines is 1. The van der Waals surface area contributed by atoms with Crippen LogP contribution in [0.4, 0.5) is 0 Å². The molecule has 0 aliphatic heterocycles. The largest absolute Gasteiger partial charge is 0.394 e. The van der Waals surface area contributed by atoms with Crippen molar-refractivity contribution in [1.29, 1.82) is 0 Å². The summed E-state index contributed by atoms with van der Waals surface area (Å²) in [7, 11) is 0. The number of H-pyrrole nitrogens is 1. The summed E-state index contributed by atoms with van der Waals surface area (Å²) in [5, 5.41) is 12.1. The van der Waals surface area contributed by atoms with Gasteiger partial charge in [0.1, 0.15) is 5.69 Å². The van der Waals surface area contributed by atoms with Gasteiger partial charge in [-0.25, -0.2) is 0 Å². The van der Waals surface area contributed by atoms with Crippen molar-refractivity contribution in [2.24, 2.45) is 0 Å². The number of aliphatic hydroxyl groups excluding tert-OH is 1. The maximum absolute atomic E-state index is 12.1. The molecule has 1 atom stereocenters. The minimum absolute atomic E-state index is 0.103. The van der Waals surface area contributed by atoms with Crippen LogP contribution in [-0.4, -0.2) is 34.4 Å². The molecule has 2 rings (SSSR count). The van der Waals surface area contributed by atoms with Crippen LogP contribution in [0.15, 0.2) is 42.6 Å². The van der Waals surface area contributed by atoms with Gasteiger partial charge in [0.15, 0.2) is 5.78 Å². The van der Waals surface area contributed by atoms with E-state index in [0.29, 0.717) is 17.7 Å². The Bertz CT molecular complexity index is 619. The summed E-state index contributed by atoms with van der Waals surface area (Å²) in [6.45, 7) is 1.29. The third-order valence-corrected chi connectivity index (χ3v) is 3.21. The van der Waals surface area contributed by atoms with Crippen LogP contribution in [0.25, 0.3) is 0 Å². The molecule has 0 bridgehead atoms. The van der Waals surface area contributed by atoms with Crippen LogP contribution in [-0.2, 0) is 6.42 Å². The number of ketones is 1. The summed E-state index contributed by atoms with van der Waals surface area (Å²) in [5.74, 6) is -0.439. The molecule has 110 valence electrons. The standard InChI is InChI=1S/C16H18N2O3/c1-11(20)13-8-15(17-9-13)16(21)18-14(10-19)7-12-5-3-2-4-6-12/h2-6,8-9,14,17,19H,7,10H2,1H3,(H,18,21)/t14-/m1/s1. The first-order chi connectivity index (χ1) is 10.1. The number of carbonyl (C=O) groups is 2. The van der Waals surface area contributed by atoms with Crippen molar-refractivity contribution in [1.82, 2.24) is 10.3 Å². The highest BCUT2D eigenvalue weighted by atomic mass is 16.3. The van der Waals surface area contributed by atoms with Gasteiger partial charge in [0.2, 0.25) is 0 Å². The van der Waals surface area contributed by atoms with Crippen molar-refractivity contribution < 1.29 is 14.7 Å². The summed E-state index contributed by atoms with van der Waals surface area (Å²) in [6.07, 6.45) is 2.05. The Kier molecular flexibility index (Phi) is 4.90. The van der Waals surface area contributed by atoms with Crippen LogP contribution in [0.1, 0.15) is 33.3 Å². The first kappa shape index (κ1) is 15.0. The van der Waals surface area contributed by atoms with Crippen molar-refractivity contribution in [3.63, 3.8) is 0 Å². The maximum atomic E-state index is 12.1. The molecule has 2 aromatic rings. The molecule has 0 aliphatic carbocycles. The van der Waals surface area contributed by atoms with Crippen molar-refractivity contribution in [3.05, 3.63) is 59.4 Å². The number of nitrogens with one attached hydrogen (secondary N) is 2. The number of rotatable bonds is 6. The highest BCUT2D eigenvalue weighted by molar-refractivity contribution is 5.99. The smallest absolute Gasteiger partial charge is 0.268 e. The SMILES string of the molecule is CC(=O)c1c[nH]c(C(=O)N[C@@H](CO)Cc2ccccc2)c1. The fourth-order valence-corrected chi connectivity index (χ4v) is 2.05. The van der Waals surface area contributed by atoms with Crippen LogP contribution in [0.2, 0.25) is 0 Å². The van der Waals surface area contributed by atoms with Crippen LogP contribution >= 0.6 is 0 Å². The zero-order valence-corrected chi connectivity index (χ0v) is 11.8. The molecule has 3 N–H and O–H groups in total. The minimum Gasteiger partial charge on any atom is -0.394 e. The molecule has 0 saturated heterocycles. The Morgan fingerprint density at radius 3 is 2.57 bits per heavy atom. The molecular formula is C16H18N2O3. The van der Waals surface area contributed by atoms with Crippen molar-refractivity contribution in [2.45, 2.75) is 19.4 Å². The van der Waals surface area contributed by atoms with Gasteiger partial charge in [0.05, 0.1) is 12.6 Å². The average Bonchev–Trinajstić information content (AvgIpc) is 2.97. The van der Waals surface area contributed by atoms with E-state index in [4.69, 9.17) is 0 Å². The van der Waals surface area contributed by atoms with Gasteiger partial charge in [-0.05, 0) is 25.0 Å². The Morgan fingerprint density at radius 1 is 1.29 bits per heavy atom. The summed E-state index contributed by atoms with van der Waals surface area (Å²) in [6, 6.07) is 10.8. The summed E-state index contributed by atoms with van der Waals surface area (Å²) in [5.41, 5.74) is 1.81. The van der Waals surface area contributed by atoms with Crippen LogP contribution in [0.3, 0.4) is 0 Å². The van der Waals surface area contributed by atoms with E-state index in [9.17, 15) is 14.7 Å². The van der Waals surface area contributed by atoms with Gasteiger partial charge < -0.3 is 15.4 Å². The molecule has 0 radical (unpaired) electrons. The number of hydrogen-bond donors (Lipinski definition) is 3. The van der Waals surface area contributed by atoms with Gasteiger partial charge in [0.25, 0.3) is 5.91 Å². The number of amides is 1. The van der Waals surface area contributed by atoms with E-state index in [0.717, 1.165) is 5.56 Å². The van der Waals surface area contributed by atoms with Crippen molar-refractivity contribution in [3.8, 4) is 0 Å². The topological polar surface area (TPSA) is 82.2 Å². The predicted molar refractivity (Wildman–Crippen MR) is 79.3 cm³/mol. The average molecular weight is 286 g/mol. The molecule has 1 heterocycles. The van der Waals surface area contributed by atoms with Gasteiger partial charge >= 0.3 is 0 Å². The van der Waals surface area contributed by atoms with E-state index in [1.54, 1.807) is 0 Å². The van der Waals surface area contributed by atoms with E-state index in [-0.39, 0.29) is 24.3 Å². The number of carbonyl (C=O) groups excluding carboxylic acids is 2. The Hall–Kier alpha value is -2.40. The van der Waals surface area contributed by atoms with E-state index < -0.39 is 0 Å². The van der Waals surface area contributed by atoms with Gasteiger partial charge in [-0.2, -0.15) is 0 Å². The number of Topliss-reactive ketones (excluding diaryl/α,β-unsaturated/α-hetero) is 1. The monoisotopic (exact) mass is 286 g/mol. The third kappa shape index (κ3) is 4.03. The molecule has 0 fully saturated rings. The first-order valence-electron chi connectivity index (χ1n) is 6.75. The van der Waals surface area contributed by atoms with Crippen LogP contribution in [0, 0.1) is 0 Å².